The molecule has 0 bridgehead atoms. The Balaban J connectivity index is 3.26. The highest BCUT2D eigenvalue weighted by Crippen LogP contribution is 2.46. The minimum Gasteiger partial charge on any atom is -0.505 e. The lowest BCUT2D eigenvalue weighted by Gasteiger charge is -2.13. The zero-order valence-electron chi connectivity index (χ0n) is 12.4. The SMILES string of the molecule is BN=Nc1cc2c(O)c(N=N)c(S(=O)(=O)O)cc2c(S(=O)(=O)O)c1N. The second kappa shape index (κ2) is 6.03. The first kappa shape index (κ1) is 18.7. The highest BCUT2D eigenvalue weighted by Gasteiger charge is 2.28. The number of nitrogens with two attached hydrogens (primary N) is 1. The van der Waals surface area contributed by atoms with Crippen LogP contribution in [-0.2, 0) is 20.2 Å². The number of anilines is 1. The van der Waals surface area contributed by atoms with E-state index in [2.05, 4.69) is 15.3 Å². The smallest absolute Gasteiger partial charge is 0.297 e. The number of fused-ring (bicyclic) bond motifs is 1. The quantitative estimate of drug-likeness (QED) is 0.219. The summed E-state index contributed by atoms with van der Waals surface area (Å²) in [5, 5.41) is 19.2. The summed E-state index contributed by atoms with van der Waals surface area (Å²) in [7, 11) is -8.73. The molecule has 6 N–H and O–H groups in total. The van der Waals surface area contributed by atoms with Gasteiger partial charge in [0.05, 0.1) is 5.69 Å². The molecule has 0 amide bonds. The van der Waals surface area contributed by atoms with Gasteiger partial charge in [0.15, 0.2) is 5.75 Å². The molecule has 132 valence electrons. The fourth-order valence-corrected chi connectivity index (χ4v) is 3.71. The van der Waals surface area contributed by atoms with Gasteiger partial charge < -0.3 is 10.8 Å². The van der Waals surface area contributed by atoms with E-state index in [1.165, 1.54) is 7.98 Å². The summed E-state index contributed by atoms with van der Waals surface area (Å²) in [6, 6.07) is 1.67. The van der Waals surface area contributed by atoms with Gasteiger partial charge in [-0.2, -0.15) is 27.1 Å². The van der Waals surface area contributed by atoms with Crippen molar-refractivity contribution in [3.05, 3.63) is 12.1 Å². The molecule has 0 spiro atoms. The molecule has 25 heavy (non-hydrogen) atoms. The minimum absolute atomic E-state index is 0.242. The van der Waals surface area contributed by atoms with Crippen LogP contribution in [0.25, 0.3) is 10.8 Å². The molecule has 0 aliphatic carbocycles. The zero-order chi connectivity index (χ0) is 19.2. The Labute approximate surface area is 141 Å². The van der Waals surface area contributed by atoms with Gasteiger partial charge in [-0.05, 0) is 12.1 Å². The van der Waals surface area contributed by atoms with Gasteiger partial charge in [-0.25, -0.2) is 5.53 Å². The molecule has 0 heterocycles. The van der Waals surface area contributed by atoms with Crippen LogP contribution >= 0.6 is 0 Å². The third-order valence-electron chi connectivity index (χ3n) is 3.18. The number of benzene rings is 2. The Morgan fingerprint density at radius 2 is 1.68 bits per heavy atom. The van der Waals surface area contributed by atoms with E-state index < -0.39 is 52.5 Å². The number of phenols is 1. The monoisotopic (exact) mass is 387 g/mol. The Morgan fingerprint density at radius 1 is 1.08 bits per heavy atom. The molecule has 0 aromatic heterocycles. The second-order valence-corrected chi connectivity index (χ2v) is 7.42. The van der Waals surface area contributed by atoms with Gasteiger partial charge in [-0.3, -0.25) is 14.1 Å². The normalized spacial score (nSPS) is 12.7. The summed E-state index contributed by atoms with van der Waals surface area (Å²) in [5.41, 5.74) is 11.0. The largest absolute Gasteiger partial charge is 0.505 e. The maximum atomic E-state index is 11.7. The zero-order valence-corrected chi connectivity index (χ0v) is 14.0. The van der Waals surface area contributed by atoms with Crippen molar-refractivity contribution in [3.63, 3.8) is 0 Å². The summed E-state index contributed by atoms with van der Waals surface area (Å²) in [5.74, 6) is -0.933. The lowest BCUT2D eigenvalue weighted by atomic mass is 10.1. The van der Waals surface area contributed by atoms with Gasteiger partial charge >= 0.3 is 0 Å². The molecule has 0 unspecified atom stereocenters. The van der Waals surface area contributed by atoms with Crippen LogP contribution in [0.1, 0.15) is 0 Å². The molecule has 2 rings (SSSR count). The first-order valence-electron chi connectivity index (χ1n) is 6.18. The lowest BCUT2D eigenvalue weighted by Crippen LogP contribution is -2.06. The summed E-state index contributed by atoms with van der Waals surface area (Å²) >= 11 is 0. The highest BCUT2D eigenvalue weighted by molar-refractivity contribution is 7.86. The maximum absolute atomic E-state index is 11.7. The van der Waals surface area contributed by atoms with Crippen LogP contribution in [0.4, 0.5) is 17.1 Å². The van der Waals surface area contributed by atoms with Gasteiger partial charge in [-0.15, -0.1) is 0 Å². The van der Waals surface area contributed by atoms with Crippen molar-refractivity contribution < 1.29 is 31.0 Å². The summed E-state index contributed by atoms with van der Waals surface area (Å²) < 4.78 is 65.0. The number of nitrogens with zero attached hydrogens (tertiary/aromatic N) is 3. The average molecular weight is 387 g/mol. The van der Waals surface area contributed by atoms with E-state index in [4.69, 9.17) is 11.3 Å². The topological polar surface area (TPSA) is 216 Å². The molecule has 15 heteroatoms. The molecule has 2 aromatic carbocycles. The van der Waals surface area contributed by atoms with Crippen molar-refractivity contribution in [1.29, 1.82) is 5.53 Å². The standard InChI is InChI=1S/C10H10BN5O7S2/c11-16-15-5-1-3-4(10(7(5)12)25(21,22)23)2-6(24(18,19)20)8(14-13)9(3)17/h1-2,13,17H,11-12H2,(H,18,19,20)(H,21,22,23). The van der Waals surface area contributed by atoms with E-state index >= 15 is 0 Å². The predicted octanol–water partition coefficient (Wildman–Crippen LogP) is 0.915. The molecular weight excluding hydrogens is 377 g/mol. The van der Waals surface area contributed by atoms with Crippen molar-refractivity contribution in [3.8, 4) is 5.75 Å². The Morgan fingerprint density at radius 3 is 2.12 bits per heavy atom. The first-order valence-corrected chi connectivity index (χ1v) is 9.06. The number of hydrogen-bond acceptors (Lipinski definition) is 10. The van der Waals surface area contributed by atoms with Crippen molar-refractivity contribution in [2.24, 2.45) is 15.3 Å². The predicted molar refractivity (Wildman–Crippen MR) is 87.5 cm³/mol. The van der Waals surface area contributed by atoms with Crippen LogP contribution in [0.2, 0.25) is 0 Å². The molecule has 0 radical (unpaired) electrons. The van der Waals surface area contributed by atoms with Gasteiger partial charge in [0.1, 0.15) is 21.2 Å². The van der Waals surface area contributed by atoms with Crippen LogP contribution in [0.3, 0.4) is 0 Å². The van der Waals surface area contributed by atoms with Crippen molar-refractivity contribution in [2.45, 2.75) is 9.79 Å². The van der Waals surface area contributed by atoms with E-state index in [1.807, 2.05) is 0 Å². The van der Waals surface area contributed by atoms with E-state index in [9.17, 15) is 31.0 Å². The molecule has 0 aliphatic heterocycles. The van der Waals surface area contributed by atoms with Crippen molar-refractivity contribution >= 4 is 56.1 Å². The molecule has 0 fully saturated rings. The van der Waals surface area contributed by atoms with E-state index in [1.54, 1.807) is 0 Å². The van der Waals surface area contributed by atoms with Gasteiger partial charge in [-0.1, -0.05) is 0 Å². The maximum Gasteiger partial charge on any atom is 0.297 e. The number of hydrogen-bond donors (Lipinski definition) is 5. The summed E-state index contributed by atoms with van der Waals surface area (Å²) in [4.78, 5) is -1.98. The third-order valence-corrected chi connectivity index (χ3v) is 5.00. The van der Waals surface area contributed by atoms with E-state index in [0.717, 1.165) is 6.07 Å². The molecule has 0 aliphatic rings. The van der Waals surface area contributed by atoms with Gasteiger partial charge in [0, 0.05) is 10.8 Å². The van der Waals surface area contributed by atoms with Crippen LogP contribution in [-0.4, -0.2) is 39.0 Å². The fraction of sp³-hybridized carbons (Fsp3) is 0. The molecule has 0 saturated heterocycles. The van der Waals surface area contributed by atoms with E-state index in [0.29, 0.717) is 6.07 Å². The van der Waals surface area contributed by atoms with Crippen molar-refractivity contribution in [1.82, 2.24) is 0 Å². The Hall–Kier alpha value is -2.62. The van der Waals surface area contributed by atoms with Gasteiger partial charge in [0.2, 0.25) is 0 Å². The van der Waals surface area contributed by atoms with Crippen LogP contribution in [0.15, 0.2) is 37.2 Å². The van der Waals surface area contributed by atoms with E-state index in [-0.39, 0.29) is 11.1 Å². The van der Waals surface area contributed by atoms with Crippen molar-refractivity contribution in [2.75, 3.05) is 5.73 Å². The third kappa shape index (κ3) is 3.17. The summed E-state index contributed by atoms with van der Waals surface area (Å²) in [6.45, 7) is 0. The number of nitrogen functional groups attached to an aromatic ring is 1. The van der Waals surface area contributed by atoms with Crippen LogP contribution in [0.5, 0.6) is 5.75 Å². The summed E-state index contributed by atoms with van der Waals surface area (Å²) in [6.07, 6.45) is 0. The minimum atomic E-state index is -4.99. The van der Waals surface area contributed by atoms with Crippen LogP contribution in [0, 0.1) is 5.53 Å². The molecular formula is C10H10BN5O7S2. The molecule has 2 aromatic rings. The first-order chi connectivity index (χ1) is 11.4. The molecule has 12 nitrogen and oxygen atoms in total. The number of nitrogens with one attached hydrogen (secondary N) is 1. The molecule has 0 saturated carbocycles. The second-order valence-electron chi connectivity index (χ2n) is 4.67. The number of phenolic OH excluding ortho intramolecular Hbond substituents is 1. The lowest BCUT2D eigenvalue weighted by molar-refractivity contribution is 0.471. The fourth-order valence-electron chi connectivity index (χ4n) is 2.23. The van der Waals surface area contributed by atoms with Crippen LogP contribution < -0.4 is 5.73 Å². The van der Waals surface area contributed by atoms with Gasteiger partial charge in [0.25, 0.3) is 28.2 Å². The average Bonchev–Trinajstić information content (AvgIpc) is 2.46. The Kier molecular flexibility index (Phi) is 4.52. The number of aromatic hydroxyl groups is 1. The molecule has 0 atom stereocenters. The Bertz CT molecular complexity index is 1140. The number of rotatable bonds is 4. The highest BCUT2D eigenvalue weighted by atomic mass is 32.2.